The first-order valence-electron chi connectivity index (χ1n) is 11.3. The molecule has 1 aromatic carbocycles. The van der Waals surface area contributed by atoms with Crippen LogP contribution in [-0.2, 0) is 0 Å². The van der Waals surface area contributed by atoms with E-state index >= 15 is 0 Å². The number of nitrogens with zero attached hydrogens (tertiary/aromatic N) is 6. The maximum absolute atomic E-state index is 13.3. The molecule has 2 aromatic heterocycles. The number of halogens is 1. The van der Waals surface area contributed by atoms with Crippen molar-refractivity contribution in [1.29, 1.82) is 0 Å². The zero-order chi connectivity index (χ0) is 23.7. The van der Waals surface area contributed by atoms with E-state index in [4.69, 9.17) is 10.7 Å². The first-order valence-corrected chi connectivity index (χ1v) is 11.3. The van der Waals surface area contributed by atoms with Crippen LogP contribution in [0.15, 0.2) is 36.4 Å². The smallest absolute Gasteiger partial charge is 0.320 e. The van der Waals surface area contributed by atoms with Crippen molar-refractivity contribution in [3.05, 3.63) is 42.2 Å². The fraction of sp³-hybridized carbons (Fsp3) is 0.417. The Hall–Kier alpha value is -3.49. The van der Waals surface area contributed by atoms with Crippen LogP contribution in [0.1, 0.15) is 27.7 Å². The Bertz CT molecular complexity index is 1130. The molecule has 0 saturated carbocycles. The predicted molar refractivity (Wildman–Crippen MR) is 128 cm³/mol. The third kappa shape index (κ3) is 4.67. The zero-order valence-corrected chi connectivity index (χ0v) is 19.5. The highest BCUT2D eigenvalue weighted by atomic mass is 19.1. The molecule has 0 aliphatic carbocycles. The quantitative estimate of drug-likeness (QED) is 0.649. The van der Waals surface area contributed by atoms with Gasteiger partial charge in [0.2, 0.25) is 5.95 Å². The molecule has 9 heteroatoms. The Morgan fingerprint density at radius 3 is 2.18 bits per heavy atom. The molecular weight excluding hydrogens is 421 g/mol. The molecule has 33 heavy (non-hydrogen) atoms. The van der Waals surface area contributed by atoms with Crippen molar-refractivity contribution in [2.45, 2.75) is 39.8 Å². The number of aromatic nitrogens is 3. The van der Waals surface area contributed by atoms with Crippen LogP contribution in [0.5, 0.6) is 0 Å². The zero-order valence-electron chi connectivity index (χ0n) is 19.5. The van der Waals surface area contributed by atoms with E-state index < -0.39 is 0 Å². The first kappa shape index (κ1) is 22.7. The summed E-state index contributed by atoms with van der Waals surface area (Å²) in [5.41, 5.74) is 8.78. The van der Waals surface area contributed by atoms with Gasteiger partial charge in [-0.05, 0) is 64.1 Å². The van der Waals surface area contributed by atoms with Crippen molar-refractivity contribution in [2.75, 3.05) is 36.8 Å². The number of carbonyl (C=O) groups is 1. The van der Waals surface area contributed by atoms with E-state index in [1.54, 1.807) is 12.1 Å². The number of pyridine rings is 1. The topological polar surface area (TPSA) is 91.5 Å². The van der Waals surface area contributed by atoms with Crippen molar-refractivity contribution in [2.24, 2.45) is 0 Å². The maximum Gasteiger partial charge on any atom is 0.320 e. The second-order valence-electron chi connectivity index (χ2n) is 8.83. The third-order valence-electron chi connectivity index (χ3n) is 5.86. The summed E-state index contributed by atoms with van der Waals surface area (Å²) in [6.07, 6.45) is 0. The number of nitrogens with two attached hydrogens (primary N) is 1. The lowest BCUT2D eigenvalue weighted by molar-refractivity contribution is 0.122. The molecule has 0 bridgehead atoms. The average Bonchev–Trinajstić information content (AvgIpc) is 2.78. The van der Waals surface area contributed by atoms with E-state index in [9.17, 15) is 9.18 Å². The second-order valence-corrected chi connectivity index (χ2v) is 8.83. The molecule has 8 nitrogen and oxygen atoms in total. The Morgan fingerprint density at radius 1 is 0.939 bits per heavy atom. The number of fused-ring (bicyclic) bond motifs is 1. The van der Waals surface area contributed by atoms with Crippen LogP contribution in [0.4, 0.5) is 21.0 Å². The normalized spacial score (nSPS) is 14.4. The Labute approximate surface area is 193 Å². The molecule has 1 fully saturated rings. The number of nitrogen functional groups attached to an aromatic ring is 1. The Kier molecular flexibility index (Phi) is 6.31. The monoisotopic (exact) mass is 451 g/mol. The summed E-state index contributed by atoms with van der Waals surface area (Å²) in [4.78, 5) is 32.6. The SMILES string of the molecule is CC(C)N(C(=O)N1CCN(c2nc(N)nc3ccc(-c4ccc(F)cc4)nc23)CC1)C(C)C. The lowest BCUT2D eigenvalue weighted by Crippen LogP contribution is -2.56. The van der Waals surface area contributed by atoms with E-state index in [1.807, 2.05) is 49.6 Å². The lowest BCUT2D eigenvalue weighted by Gasteiger charge is -2.40. The number of amides is 2. The molecule has 3 aromatic rings. The molecule has 1 saturated heterocycles. The van der Waals surface area contributed by atoms with Gasteiger partial charge >= 0.3 is 6.03 Å². The largest absolute Gasteiger partial charge is 0.368 e. The Balaban J connectivity index is 1.60. The highest BCUT2D eigenvalue weighted by Crippen LogP contribution is 2.28. The highest BCUT2D eigenvalue weighted by Gasteiger charge is 2.29. The number of piperazine rings is 1. The summed E-state index contributed by atoms with van der Waals surface area (Å²) in [6, 6.07) is 10.2. The van der Waals surface area contributed by atoms with Gasteiger partial charge in [-0.2, -0.15) is 4.98 Å². The van der Waals surface area contributed by atoms with Crippen molar-refractivity contribution < 1.29 is 9.18 Å². The van der Waals surface area contributed by atoms with Crippen LogP contribution in [0.3, 0.4) is 0 Å². The number of benzene rings is 1. The molecule has 0 radical (unpaired) electrons. The fourth-order valence-electron chi connectivity index (χ4n) is 4.33. The summed E-state index contributed by atoms with van der Waals surface area (Å²) in [5.74, 6) is 0.536. The first-order chi connectivity index (χ1) is 15.7. The van der Waals surface area contributed by atoms with E-state index in [-0.39, 0.29) is 29.9 Å². The molecule has 2 amide bonds. The van der Waals surface area contributed by atoms with Gasteiger partial charge in [0.05, 0.1) is 11.2 Å². The summed E-state index contributed by atoms with van der Waals surface area (Å²) in [5, 5.41) is 0. The van der Waals surface area contributed by atoms with Crippen molar-refractivity contribution >= 4 is 28.8 Å². The van der Waals surface area contributed by atoms with Crippen molar-refractivity contribution in [3.8, 4) is 11.3 Å². The van der Waals surface area contributed by atoms with Crippen LogP contribution >= 0.6 is 0 Å². The van der Waals surface area contributed by atoms with Gasteiger partial charge in [-0.15, -0.1) is 0 Å². The third-order valence-corrected chi connectivity index (χ3v) is 5.86. The average molecular weight is 452 g/mol. The van der Waals surface area contributed by atoms with Gasteiger partial charge in [-0.3, -0.25) is 0 Å². The van der Waals surface area contributed by atoms with Crippen LogP contribution in [0.2, 0.25) is 0 Å². The van der Waals surface area contributed by atoms with Gasteiger partial charge in [-0.1, -0.05) is 0 Å². The fourth-order valence-corrected chi connectivity index (χ4v) is 4.33. The number of carbonyl (C=O) groups excluding carboxylic acids is 1. The minimum Gasteiger partial charge on any atom is -0.368 e. The van der Waals surface area contributed by atoms with E-state index in [2.05, 4.69) is 14.9 Å². The van der Waals surface area contributed by atoms with Gasteiger partial charge in [-0.25, -0.2) is 19.2 Å². The molecule has 1 aliphatic heterocycles. The van der Waals surface area contributed by atoms with Gasteiger partial charge in [0.15, 0.2) is 5.82 Å². The molecule has 2 N–H and O–H groups in total. The predicted octanol–water partition coefficient (Wildman–Crippen LogP) is 3.77. The summed E-state index contributed by atoms with van der Waals surface area (Å²) < 4.78 is 13.3. The summed E-state index contributed by atoms with van der Waals surface area (Å²) in [6.45, 7) is 10.5. The Morgan fingerprint density at radius 2 is 1.58 bits per heavy atom. The van der Waals surface area contributed by atoms with E-state index in [0.717, 1.165) is 5.56 Å². The molecule has 4 rings (SSSR count). The highest BCUT2D eigenvalue weighted by molar-refractivity contribution is 5.89. The van der Waals surface area contributed by atoms with Crippen LogP contribution in [-0.4, -0.2) is 69.0 Å². The van der Waals surface area contributed by atoms with E-state index in [0.29, 0.717) is 48.7 Å². The molecular formula is C24H30FN7O. The molecule has 0 atom stereocenters. The van der Waals surface area contributed by atoms with Gasteiger partial charge in [0.25, 0.3) is 0 Å². The minimum absolute atomic E-state index is 0.0587. The summed E-state index contributed by atoms with van der Waals surface area (Å²) in [7, 11) is 0. The number of anilines is 2. The van der Waals surface area contributed by atoms with Crippen molar-refractivity contribution in [3.63, 3.8) is 0 Å². The standard InChI is InChI=1S/C24H30FN7O/c1-15(2)32(16(3)4)24(33)31-13-11-30(12-14-31)22-21-20(28-23(26)29-22)10-9-19(27-21)17-5-7-18(25)8-6-17/h5-10,15-16H,11-14H2,1-4H3,(H2,26,28,29). The van der Waals surface area contributed by atoms with E-state index in [1.165, 1.54) is 12.1 Å². The molecule has 0 spiro atoms. The summed E-state index contributed by atoms with van der Waals surface area (Å²) >= 11 is 0. The van der Waals surface area contributed by atoms with Gasteiger partial charge in [0, 0.05) is 43.8 Å². The van der Waals surface area contributed by atoms with Gasteiger partial charge < -0.3 is 20.4 Å². The molecule has 1 aliphatic rings. The van der Waals surface area contributed by atoms with Crippen LogP contribution < -0.4 is 10.6 Å². The molecule has 0 unspecified atom stereocenters. The molecule has 3 heterocycles. The van der Waals surface area contributed by atoms with Crippen molar-refractivity contribution in [1.82, 2.24) is 24.8 Å². The molecule has 174 valence electrons. The number of hydrogen-bond donors (Lipinski definition) is 1. The number of rotatable bonds is 4. The maximum atomic E-state index is 13.3. The van der Waals surface area contributed by atoms with Crippen LogP contribution in [0, 0.1) is 5.82 Å². The van der Waals surface area contributed by atoms with Gasteiger partial charge in [0.1, 0.15) is 11.3 Å². The lowest BCUT2D eigenvalue weighted by atomic mass is 10.1. The van der Waals surface area contributed by atoms with Crippen LogP contribution in [0.25, 0.3) is 22.3 Å². The number of hydrogen-bond acceptors (Lipinski definition) is 6. The number of urea groups is 1. The second kappa shape index (κ2) is 9.17. The minimum atomic E-state index is -0.294.